The molecular formula is C20H28N2O3. The van der Waals surface area contributed by atoms with Crippen LogP contribution in [-0.4, -0.2) is 44.2 Å². The highest BCUT2D eigenvalue weighted by Gasteiger charge is 2.46. The number of carbonyl (C=O) groups excluding carboxylic acids is 1. The van der Waals surface area contributed by atoms with Crippen LogP contribution in [0.4, 0.5) is 0 Å². The van der Waals surface area contributed by atoms with Crippen molar-refractivity contribution in [2.24, 2.45) is 0 Å². The predicted molar refractivity (Wildman–Crippen MR) is 96.2 cm³/mol. The summed E-state index contributed by atoms with van der Waals surface area (Å²) in [5.41, 5.74) is 2.72. The van der Waals surface area contributed by atoms with Crippen LogP contribution < -0.4 is 14.8 Å². The number of benzene rings is 1. The summed E-state index contributed by atoms with van der Waals surface area (Å²) in [7, 11) is 1.89. The van der Waals surface area contributed by atoms with Crippen molar-refractivity contribution in [2.45, 2.75) is 50.5 Å². The molecule has 4 rings (SSSR count). The molecule has 1 saturated carbocycles. The topological polar surface area (TPSA) is 50.8 Å². The minimum absolute atomic E-state index is 0.0846. The van der Waals surface area contributed by atoms with E-state index < -0.39 is 0 Å². The Morgan fingerprint density at radius 3 is 2.60 bits per heavy atom. The van der Waals surface area contributed by atoms with Gasteiger partial charge in [-0.15, -0.1) is 0 Å². The minimum Gasteiger partial charge on any atom is -0.486 e. The molecule has 0 saturated heterocycles. The number of fused-ring (bicyclic) bond motifs is 3. The molecular weight excluding hydrogens is 316 g/mol. The van der Waals surface area contributed by atoms with Crippen molar-refractivity contribution in [3.63, 3.8) is 0 Å². The molecule has 2 aliphatic heterocycles. The highest BCUT2D eigenvalue weighted by atomic mass is 16.6. The maximum atomic E-state index is 12.8. The smallest absolute Gasteiger partial charge is 0.224 e. The van der Waals surface area contributed by atoms with Gasteiger partial charge in [-0.25, -0.2) is 0 Å². The lowest BCUT2D eigenvalue weighted by atomic mass is 9.71. The summed E-state index contributed by atoms with van der Waals surface area (Å²) in [5.74, 6) is 1.95. The monoisotopic (exact) mass is 344 g/mol. The Kier molecular flexibility index (Phi) is 4.36. The Morgan fingerprint density at radius 1 is 1.24 bits per heavy atom. The molecule has 1 atom stereocenters. The maximum Gasteiger partial charge on any atom is 0.224 e. The van der Waals surface area contributed by atoms with E-state index in [1.807, 2.05) is 7.05 Å². The molecule has 5 heteroatoms. The van der Waals surface area contributed by atoms with Crippen LogP contribution in [0, 0.1) is 0 Å². The van der Waals surface area contributed by atoms with E-state index in [1.54, 1.807) is 0 Å². The molecule has 1 N–H and O–H groups in total. The van der Waals surface area contributed by atoms with Crippen molar-refractivity contribution in [2.75, 3.05) is 33.4 Å². The fraction of sp³-hybridized carbons (Fsp3) is 0.650. The maximum absolute atomic E-state index is 12.8. The number of hydrogen-bond acceptors (Lipinski definition) is 4. The highest BCUT2D eigenvalue weighted by Crippen LogP contribution is 2.51. The number of rotatable bonds is 3. The van der Waals surface area contributed by atoms with Crippen LogP contribution in [0.1, 0.15) is 56.2 Å². The zero-order valence-corrected chi connectivity index (χ0v) is 15.3. The van der Waals surface area contributed by atoms with Gasteiger partial charge in [-0.3, -0.25) is 4.79 Å². The van der Waals surface area contributed by atoms with Crippen LogP contribution in [0.3, 0.4) is 0 Å². The van der Waals surface area contributed by atoms with Gasteiger partial charge < -0.3 is 19.7 Å². The van der Waals surface area contributed by atoms with E-state index in [9.17, 15) is 4.79 Å². The van der Waals surface area contributed by atoms with Gasteiger partial charge in [0.1, 0.15) is 13.2 Å². The number of nitrogens with one attached hydrogen (secondary N) is 1. The molecule has 1 amide bonds. The van der Waals surface area contributed by atoms with Crippen LogP contribution >= 0.6 is 0 Å². The van der Waals surface area contributed by atoms with E-state index in [4.69, 9.17) is 9.47 Å². The van der Waals surface area contributed by atoms with Gasteiger partial charge in [0.2, 0.25) is 5.91 Å². The number of carbonyl (C=O) groups is 1. The van der Waals surface area contributed by atoms with E-state index in [2.05, 4.69) is 29.3 Å². The molecule has 136 valence electrons. The van der Waals surface area contributed by atoms with E-state index >= 15 is 0 Å². The molecule has 0 radical (unpaired) electrons. The molecule has 3 aliphatic rings. The molecule has 2 heterocycles. The first kappa shape index (κ1) is 16.7. The standard InChI is InChI=1S/C20H28N2O3/c1-14-15-11-17-18(25-10-9-24-17)12-16(15)20(6-3-4-7-20)13-22(14)19(23)5-8-21-2/h11-12,14,21H,3-10,13H2,1-2H3. The molecule has 0 aromatic heterocycles. The average Bonchev–Trinajstić information content (AvgIpc) is 3.11. The second-order valence-electron chi connectivity index (χ2n) is 7.62. The SMILES string of the molecule is CNCCC(=O)N1CC2(CCCC2)c2cc3c(cc2C1C)OCCO3. The van der Waals surface area contributed by atoms with E-state index in [1.165, 1.54) is 24.0 Å². The normalized spacial score (nSPS) is 23.6. The molecule has 1 aromatic carbocycles. The lowest BCUT2D eigenvalue weighted by Gasteiger charge is -2.46. The Morgan fingerprint density at radius 2 is 1.92 bits per heavy atom. The number of ether oxygens (including phenoxy) is 2. The summed E-state index contributed by atoms with van der Waals surface area (Å²) in [6, 6.07) is 4.43. The predicted octanol–water partition coefficient (Wildman–Crippen LogP) is 2.78. The molecule has 5 nitrogen and oxygen atoms in total. The fourth-order valence-electron chi connectivity index (χ4n) is 4.78. The van der Waals surface area contributed by atoms with Gasteiger partial charge in [-0.2, -0.15) is 0 Å². The molecule has 1 aromatic rings. The first-order valence-corrected chi connectivity index (χ1v) is 9.53. The third kappa shape index (κ3) is 2.78. The Balaban J connectivity index is 1.75. The third-order valence-corrected chi connectivity index (χ3v) is 6.15. The van der Waals surface area contributed by atoms with E-state index in [0.717, 1.165) is 37.4 Å². The Bertz CT molecular complexity index is 667. The quantitative estimate of drug-likeness (QED) is 0.916. The molecule has 25 heavy (non-hydrogen) atoms. The van der Waals surface area contributed by atoms with Crippen molar-refractivity contribution in [3.05, 3.63) is 23.3 Å². The summed E-state index contributed by atoms with van der Waals surface area (Å²) < 4.78 is 11.7. The van der Waals surface area contributed by atoms with Gasteiger partial charge in [-0.05, 0) is 50.1 Å². The molecule has 1 spiro atoms. The zero-order chi connectivity index (χ0) is 17.4. The Labute approximate surface area is 149 Å². The van der Waals surface area contributed by atoms with Crippen LogP contribution in [0.5, 0.6) is 11.5 Å². The van der Waals surface area contributed by atoms with Gasteiger partial charge in [0, 0.05) is 24.9 Å². The van der Waals surface area contributed by atoms with Gasteiger partial charge in [-0.1, -0.05) is 12.8 Å². The summed E-state index contributed by atoms with van der Waals surface area (Å²) in [5, 5.41) is 3.09. The Hall–Kier alpha value is -1.75. The fourth-order valence-corrected chi connectivity index (χ4v) is 4.78. The van der Waals surface area contributed by atoms with Gasteiger partial charge in [0.15, 0.2) is 11.5 Å². The first-order chi connectivity index (χ1) is 12.1. The van der Waals surface area contributed by atoms with Crippen molar-refractivity contribution in [1.82, 2.24) is 10.2 Å². The van der Waals surface area contributed by atoms with E-state index in [-0.39, 0.29) is 17.4 Å². The van der Waals surface area contributed by atoms with Crippen LogP contribution in [0.25, 0.3) is 0 Å². The summed E-state index contributed by atoms with van der Waals surface area (Å²) in [6.45, 7) is 4.92. The second kappa shape index (κ2) is 6.52. The summed E-state index contributed by atoms with van der Waals surface area (Å²) in [6.07, 6.45) is 5.34. The minimum atomic E-state index is 0.0846. The summed E-state index contributed by atoms with van der Waals surface area (Å²) in [4.78, 5) is 14.9. The van der Waals surface area contributed by atoms with Gasteiger partial charge in [0.25, 0.3) is 0 Å². The zero-order valence-electron chi connectivity index (χ0n) is 15.3. The third-order valence-electron chi connectivity index (χ3n) is 6.15. The van der Waals surface area contributed by atoms with Gasteiger partial charge >= 0.3 is 0 Å². The lowest BCUT2D eigenvalue weighted by Crippen LogP contribution is -2.49. The number of amides is 1. The molecule has 1 unspecified atom stereocenters. The van der Waals surface area contributed by atoms with E-state index in [0.29, 0.717) is 19.6 Å². The number of hydrogen-bond donors (Lipinski definition) is 1. The van der Waals surface area contributed by atoms with Crippen molar-refractivity contribution >= 4 is 5.91 Å². The largest absolute Gasteiger partial charge is 0.486 e. The summed E-state index contributed by atoms with van der Waals surface area (Å²) >= 11 is 0. The lowest BCUT2D eigenvalue weighted by molar-refractivity contribution is -0.135. The van der Waals surface area contributed by atoms with Crippen LogP contribution in [0.2, 0.25) is 0 Å². The average molecular weight is 344 g/mol. The van der Waals surface area contributed by atoms with Crippen molar-refractivity contribution in [3.8, 4) is 11.5 Å². The second-order valence-corrected chi connectivity index (χ2v) is 7.62. The van der Waals surface area contributed by atoms with Gasteiger partial charge in [0.05, 0.1) is 6.04 Å². The van der Waals surface area contributed by atoms with Crippen LogP contribution in [0.15, 0.2) is 12.1 Å². The van der Waals surface area contributed by atoms with Crippen molar-refractivity contribution in [1.29, 1.82) is 0 Å². The molecule has 1 aliphatic carbocycles. The van der Waals surface area contributed by atoms with Crippen molar-refractivity contribution < 1.29 is 14.3 Å². The van der Waals surface area contributed by atoms with Crippen LogP contribution in [-0.2, 0) is 10.2 Å². The first-order valence-electron chi connectivity index (χ1n) is 9.53. The molecule has 0 bridgehead atoms. The molecule has 1 fully saturated rings. The number of nitrogens with zero attached hydrogens (tertiary/aromatic N) is 1. The highest BCUT2D eigenvalue weighted by molar-refractivity contribution is 5.78.